The van der Waals surface area contributed by atoms with Gasteiger partial charge < -0.3 is 20.5 Å². The lowest BCUT2D eigenvalue weighted by molar-refractivity contribution is 0.0599. The van der Waals surface area contributed by atoms with E-state index < -0.39 is 11.6 Å². The van der Waals surface area contributed by atoms with Gasteiger partial charge in [0.2, 0.25) is 0 Å². The van der Waals surface area contributed by atoms with E-state index in [-0.39, 0.29) is 12.4 Å². The van der Waals surface area contributed by atoms with Crippen LogP contribution in [0.25, 0.3) is 0 Å². The van der Waals surface area contributed by atoms with E-state index in [0.717, 1.165) is 11.3 Å². The normalized spacial score (nSPS) is 13.0. The fourth-order valence-corrected chi connectivity index (χ4v) is 2.36. The van der Waals surface area contributed by atoms with Crippen molar-refractivity contribution in [1.29, 1.82) is 0 Å². The summed E-state index contributed by atoms with van der Waals surface area (Å²) in [6.45, 7) is 5.89. The third-order valence-corrected chi connectivity index (χ3v) is 3.82. The van der Waals surface area contributed by atoms with Crippen molar-refractivity contribution in [1.82, 2.24) is 5.32 Å². The summed E-state index contributed by atoms with van der Waals surface area (Å²) in [4.78, 5) is 12.1. The highest BCUT2D eigenvalue weighted by Crippen LogP contribution is 2.22. The standard InChI is InChI=1S/C19H23FN2O3/c1-4-25-16-9-10-17(13(2)11-16)22-18(23)21-12-19(3,24)14-5-7-15(20)8-6-14/h5-11,24H,4,12H2,1-3H3,(H2,21,22,23). The Morgan fingerprint density at radius 1 is 1.24 bits per heavy atom. The maximum absolute atomic E-state index is 13.0. The molecule has 0 saturated heterocycles. The minimum Gasteiger partial charge on any atom is -0.494 e. The molecule has 0 heterocycles. The minimum absolute atomic E-state index is 0.0134. The molecule has 0 radical (unpaired) electrons. The number of hydrogen-bond acceptors (Lipinski definition) is 3. The summed E-state index contributed by atoms with van der Waals surface area (Å²) in [5.41, 5.74) is 0.735. The van der Waals surface area contributed by atoms with Gasteiger partial charge in [0.25, 0.3) is 0 Å². The molecule has 2 amide bonds. The Bertz CT molecular complexity index is 730. The van der Waals surface area contributed by atoms with Crippen LogP contribution in [0.15, 0.2) is 42.5 Å². The predicted octanol–water partition coefficient (Wildman–Crippen LogP) is 3.56. The van der Waals surface area contributed by atoms with E-state index in [1.165, 1.54) is 24.3 Å². The van der Waals surface area contributed by atoms with Crippen molar-refractivity contribution >= 4 is 11.7 Å². The Balaban J connectivity index is 1.95. The van der Waals surface area contributed by atoms with Crippen LogP contribution in [0.2, 0.25) is 0 Å². The van der Waals surface area contributed by atoms with Crippen LogP contribution in [-0.2, 0) is 5.60 Å². The van der Waals surface area contributed by atoms with E-state index >= 15 is 0 Å². The quantitative estimate of drug-likeness (QED) is 0.749. The second kappa shape index (κ2) is 7.98. The highest BCUT2D eigenvalue weighted by atomic mass is 19.1. The van der Waals surface area contributed by atoms with E-state index in [1.54, 1.807) is 19.1 Å². The summed E-state index contributed by atoms with van der Waals surface area (Å²) in [5, 5.41) is 15.8. The van der Waals surface area contributed by atoms with Gasteiger partial charge in [0.15, 0.2) is 0 Å². The van der Waals surface area contributed by atoms with Crippen molar-refractivity contribution in [3.05, 3.63) is 59.4 Å². The first-order chi connectivity index (χ1) is 11.8. The minimum atomic E-state index is -1.31. The van der Waals surface area contributed by atoms with Crippen LogP contribution in [0, 0.1) is 12.7 Å². The summed E-state index contributed by atoms with van der Waals surface area (Å²) in [5.74, 6) is 0.362. The number of ether oxygens (including phenoxy) is 1. The average Bonchev–Trinajstić information content (AvgIpc) is 2.56. The largest absolute Gasteiger partial charge is 0.494 e. The van der Waals surface area contributed by atoms with E-state index in [2.05, 4.69) is 10.6 Å². The van der Waals surface area contributed by atoms with Crippen LogP contribution < -0.4 is 15.4 Å². The van der Waals surface area contributed by atoms with Crippen molar-refractivity contribution < 1.29 is 19.0 Å². The van der Waals surface area contributed by atoms with Crippen molar-refractivity contribution in [3.8, 4) is 5.75 Å². The molecule has 3 N–H and O–H groups in total. The van der Waals surface area contributed by atoms with Crippen molar-refractivity contribution in [2.45, 2.75) is 26.4 Å². The molecule has 0 spiro atoms. The van der Waals surface area contributed by atoms with Crippen LogP contribution in [0.4, 0.5) is 14.9 Å². The van der Waals surface area contributed by atoms with Gasteiger partial charge in [-0.25, -0.2) is 9.18 Å². The van der Waals surface area contributed by atoms with E-state index in [1.807, 2.05) is 19.9 Å². The van der Waals surface area contributed by atoms with E-state index in [4.69, 9.17) is 4.74 Å². The lowest BCUT2D eigenvalue weighted by Crippen LogP contribution is -2.40. The number of amides is 2. The Morgan fingerprint density at radius 3 is 2.52 bits per heavy atom. The third-order valence-electron chi connectivity index (χ3n) is 3.82. The molecule has 0 aliphatic carbocycles. The van der Waals surface area contributed by atoms with Gasteiger partial charge >= 0.3 is 6.03 Å². The maximum atomic E-state index is 13.0. The van der Waals surface area contributed by atoms with Crippen molar-refractivity contribution in [2.75, 3.05) is 18.5 Å². The molecule has 0 aliphatic rings. The van der Waals surface area contributed by atoms with Crippen LogP contribution in [0.3, 0.4) is 0 Å². The van der Waals surface area contributed by atoms with Gasteiger partial charge in [-0.2, -0.15) is 0 Å². The van der Waals surface area contributed by atoms with E-state index in [9.17, 15) is 14.3 Å². The number of halogens is 1. The fraction of sp³-hybridized carbons (Fsp3) is 0.316. The molecule has 134 valence electrons. The molecule has 0 aromatic heterocycles. The molecule has 1 atom stereocenters. The highest BCUT2D eigenvalue weighted by molar-refractivity contribution is 5.90. The zero-order valence-electron chi connectivity index (χ0n) is 14.6. The molecule has 25 heavy (non-hydrogen) atoms. The number of rotatable bonds is 6. The van der Waals surface area contributed by atoms with Gasteiger partial charge in [0.1, 0.15) is 17.2 Å². The Labute approximate surface area is 146 Å². The molecule has 2 aromatic rings. The fourth-order valence-electron chi connectivity index (χ4n) is 2.36. The first kappa shape index (κ1) is 18.7. The third kappa shape index (κ3) is 5.19. The van der Waals surface area contributed by atoms with Crippen LogP contribution in [-0.4, -0.2) is 24.3 Å². The second-order valence-electron chi connectivity index (χ2n) is 6.00. The van der Waals surface area contributed by atoms with E-state index in [0.29, 0.717) is 17.9 Å². The summed E-state index contributed by atoms with van der Waals surface area (Å²) in [6, 6.07) is 10.5. The van der Waals surface area contributed by atoms with Crippen molar-refractivity contribution in [3.63, 3.8) is 0 Å². The number of aliphatic hydroxyl groups is 1. The summed E-state index contributed by atoms with van der Waals surface area (Å²) >= 11 is 0. The molecule has 0 aliphatic heterocycles. The number of anilines is 1. The average molecular weight is 346 g/mol. The number of nitrogens with one attached hydrogen (secondary N) is 2. The first-order valence-corrected chi connectivity index (χ1v) is 8.08. The van der Waals surface area contributed by atoms with Gasteiger partial charge in [-0.1, -0.05) is 12.1 Å². The predicted molar refractivity (Wildman–Crippen MR) is 95.3 cm³/mol. The lowest BCUT2D eigenvalue weighted by atomic mass is 9.96. The molecule has 0 saturated carbocycles. The molecule has 6 heteroatoms. The van der Waals surface area contributed by atoms with Crippen LogP contribution in [0.5, 0.6) is 5.75 Å². The second-order valence-corrected chi connectivity index (χ2v) is 6.00. The maximum Gasteiger partial charge on any atom is 0.319 e. The molecule has 0 fully saturated rings. The summed E-state index contributed by atoms with van der Waals surface area (Å²) in [6.07, 6.45) is 0. The SMILES string of the molecule is CCOc1ccc(NC(=O)NCC(C)(O)c2ccc(F)cc2)c(C)c1. The first-order valence-electron chi connectivity index (χ1n) is 8.08. The van der Waals surface area contributed by atoms with Gasteiger partial charge in [-0.05, 0) is 62.2 Å². The topological polar surface area (TPSA) is 70.6 Å². The zero-order valence-corrected chi connectivity index (χ0v) is 14.6. The highest BCUT2D eigenvalue weighted by Gasteiger charge is 2.23. The molecule has 1 unspecified atom stereocenters. The van der Waals surface area contributed by atoms with Gasteiger partial charge in [-0.3, -0.25) is 0 Å². The molecule has 2 aromatic carbocycles. The Kier molecular flexibility index (Phi) is 5.98. The molecule has 2 rings (SSSR count). The number of carbonyl (C=O) groups excluding carboxylic acids is 1. The summed E-state index contributed by atoms with van der Waals surface area (Å²) < 4.78 is 18.4. The number of carbonyl (C=O) groups is 1. The Morgan fingerprint density at radius 2 is 1.92 bits per heavy atom. The molecular formula is C19H23FN2O3. The van der Waals surface area contributed by atoms with Gasteiger partial charge in [0, 0.05) is 5.69 Å². The Hall–Kier alpha value is -2.60. The zero-order chi connectivity index (χ0) is 18.4. The molecular weight excluding hydrogens is 323 g/mol. The van der Waals surface area contributed by atoms with Crippen molar-refractivity contribution in [2.24, 2.45) is 0 Å². The monoisotopic (exact) mass is 346 g/mol. The van der Waals surface area contributed by atoms with Crippen LogP contribution >= 0.6 is 0 Å². The number of hydrogen-bond donors (Lipinski definition) is 3. The smallest absolute Gasteiger partial charge is 0.319 e. The lowest BCUT2D eigenvalue weighted by Gasteiger charge is -2.24. The number of urea groups is 1. The number of benzene rings is 2. The van der Waals surface area contributed by atoms with Gasteiger partial charge in [-0.15, -0.1) is 0 Å². The summed E-state index contributed by atoms with van der Waals surface area (Å²) in [7, 11) is 0. The number of aryl methyl sites for hydroxylation is 1. The molecule has 0 bridgehead atoms. The van der Waals surface area contributed by atoms with Gasteiger partial charge in [0.05, 0.1) is 13.2 Å². The van der Waals surface area contributed by atoms with Crippen LogP contribution in [0.1, 0.15) is 25.0 Å². The molecule has 5 nitrogen and oxygen atoms in total.